The molecule has 1 aliphatic rings. The minimum Gasteiger partial charge on any atom is -0.322 e. The van der Waals surface area contributed by atoms with Crippen LogP contribution in [0, 0.1) is 0 Å². The van der Waals surface area contributed by atoms with Crippen molar-refractivity contribution in [1.29, 1.82) is 0 Å². The average molecular weight is 248 g/mol. The van der Waals surface area contributed by atoms with Crippen LogP contribution < -0.4 is 5.73 Å². The molecule has 2 nitrogen and oxygen atoms in total. The molecule has 0 bridgehead atoms. The van der Waals surface area contributed by atoms with Gasteiger partial charge in [0, 0.05) is 29.4 Å². The SMILES string of the molecule is NC1CN(I)CC1(F)F. The topological polar surface area (TPSA) is 29.3 Å². The first kappa shape index (κ1) is 7.62. The lowest BCUT2D eigenvalue weighted by atomic mass is 10.2. The van der Waals surface area contributed by atoms with E-state index in [0.29, 0.717) is 0 Å². The zero-order chi connectivity index (χ0) is 7.07. The van der Waals surface area contributed by atoms with Crippen LogP contribution in [0.4, 0.5) is 8.78 Å². The summed E-state index contributed by atoms with van der Waals surface area (Å²) in [5, 5.41) is 0. The molecule has 1 fully saturated rings. The lowest BCUT2D eigenvalue weighted by Crippen LogP contribution is -2.38. The van der Waals surface area contributed by atoms with Gasteiger partial charge in [0.15, 0.2) is 0 Å². The summed E-state index contributed by atoms with van der Waals surface area (Å²) in [4.78, 5) is 0. The molecule has 1 rings (SSSR count). The number of nitrogens with zero attached hydrogens (tertiary/aromatic N) is 1. The zero-order valence-corrected chi connectivity index (χ0v) is 6.81. The molecular formula is C4H7F2IN2. The summed E-state index contributed by atoms with van der Waals surface area (Å²) in [7, 11) is 0. The standard InChI is InChI=1S/C4H7F2IN2/c5-4(6)2-9(7)1-3(4)8/h3H,1-2,8H2. The van der Waals surface area contributed by atoms with Gasteiger partial charge in [0.25, 0.3) is 5.92 Å². The maximum absolute atomic E-state index is 12.4. The fraction of sp³-hybridized carbons (Fsp3) is 1.00. The van der Waals surface area contributed by atoms with E-state index in [1.807, 2.05) is 22.9 Å². The molecule has 0 aromatic carbocycles. The zero-order valence-electron chi connectivity index (χ0n) is 4.65. The van der Waals surface area contributed by atoms with E-state index in [9.17, 15) is 8.78 Å². The summed E-state index contributed by atoms with van der Waals surface area (Å²) in [5.41, 5.74) is 5.11. The molecule has 0 amide bonds. The van der Waals surface area contributed by atoms with Crippen LogP contribution in [0.5, 0.6) is 0 Å². The van der Waals surface area contributed by atoms with Gasteiger partial charge in [-0.05, 0) is 0 Å². The molecule has 0 spiro atoms. The number of halogens is 3. The maximum Gasteiger partial charge on any atom is 0.277 e. The monoisotopic (exact) mass is 248 g/mol. The van der Waals surface area contributed by atoms with Gasteiger partial charge in [-0.3, -0.25) is 0 Å². The van der Waals surface area contributed by atoms with Gasteiger partial charge in [-0.15, -0.1) is 0 Å². The van der Waals surface area contributed by atoms with E-state index in [4.69, 9.17) is 5.73 Å². The quantitative estimate of drug-likeness (QED) is 0.502. The van der Waals surface area contributed by atoms with E-state index in [2.05, 4.69) is 0 Å². The molecule has 1 heterocycles. The van der Waals surface area contributed by atoms with Crippen molar-refractivity contribution >= 4 is 22.9 Å². The number of nitrogens with two attached hydrogens (primary N) is 1. The average Bonchev–Trinajstić information content (AvgIpc) is 1.79. The van der Waals surface area contributed by atoms with Crippen molar-refractivity contribution in [3.63, 3.8) is 0 Å². The van der Waals surface area contributed by atoms with Gasteiger partial charge in [0.2, 0.25) is 0 Å². The third-order valence-electron chi connectivity index (χ3n) is 1.32. The summed E-state index contributed by atoms with van der Waals surface area (Å²) < 4.78 is 26.3. The van der Waals surface area contributed by atoms with E-state index >= 15 is 0 Å². The highest BCUT2D eigenvalue weighted by atomic mass is 127. The highest BCUT2D eigenvalue weighted by Gasteiger charge is 2.45. The summed E-state index contributed by atoms with van der Waals surface area (Å²) in [6.45, 7) is 0.0717. The third-order valence-corrected chi connectivity index (χ3v) is 2.05. The van der Waals surface area contributed by atoms with Crippen LogP contribution in [-0.2, 0) is 0 Å². The molecule has 1 unspecified atom stereocenters. The highest BCUT2D eigenvalue weighted by molar-refractivity contribution is 14.1. The van der Waals surface area contributed by atoms with Crippen molar-refractivity contribution in [3.05, 3.63) is 0 Å². The first-order chi connectivity index (χ1) is 4.02. The van der Waals surface area contributed by atoms with Crippen LogP contribution in [-0.4, -0.2) is 28.2 Å². The van der Waals surface area contributed by atoms with E-state index in [0.717, 1.165) is 0 Å². The van der Waals surface area contributed by atoms with E-state index in [1.54, 1.807) is 0 Å². The Morgan fingerprint density at radius 1 is 1.67 bits per heavy atom. The number of hydrogen-bond acceptors (Lipinski definition) is 2. The molecule has 9 heavy (non-hydrogen) atoms. The highest BCUT2D eigenvalue weighted by Crippen LogP contribution is 2.27. The van der Waals surface area contributed by atoms with Crippen molar-refractivity contribution in [2.75, 3.05) is 13.1 Å². The Bertz CT molecular complexity index is 119. The maximum atomic E-state index is 12.4. The first-order valence-electron chi connectivity index (χ1n) is 2.56. The van der Waals surface area contributed by atoms with Crippen molar-refractivity contribution in [3.8, 4) is 0 Å². The van der Waals surface area contributed by atoms with E-state index in [1.165, 1.54) is 3.11 Å². The molecule has 1 saturated heterocycles. The Kier molecular flexibility index (Phi) is 1.93. The normalized spacial score (nSPS) is 35.3. The predicted octanol–water partition coefficient (Wildman–Crippen LogP) is 0.615. The second kappa shape index (κ2) is 2.28. The van der Waals surface area contributed by atoms with Crippen molar-refractivity contribution < 1.29 is 8.78 Å². The lowest BCUT2D eigenvalue weighted by molar-refractivity contribution is 0.00518. The van der Waals surface area contributed by atoms with Gasteiger partial charge in [-0.25, -0.2) is 11.9 Å². The van der Waals surface area contributed by atoms with Gasteiger partial charge >= 0.3 is 0 Å². The molecule has 0 aromatic heterocycles. The van der Waals surface area contributed by atoms with E-state index in [-0.39, 0.29) is 13.1 Å². The largest absolute Gasteiger partial charge is 0.322 e. The summed E-state index contributed by atoms with van der Waals surface area (Å²) in [5.74, 6) is -2.68. The third kappa shape index (κ3) is 1.50. The Morgan fingerprint density at radius 2 is 2.22 bits per heavy atom. The second-order valence-corrected chi connectivity index (χ2v) is 3.54. The predicted molar refractivity (Wildman–Crippen MR) is 38.5 cm³/mol. The fourth-order valence-electron chi connectivity index (χ4n) is 0.758. The van der Waals surface area contributed by atoms with E-state index < -0.39 is 12.0 Å². The van der Waals surface area contributed by atoms with Gasteiger partial charge in [-0.2, -0.15) is 0 Å². The Labute approximate surface area is 65.9 Å². The molecular weight excluding hydrogens is 241 g/mol. The van der Waals surface area contributed by atoms with Gasteiger partial charge in [0.1, 0.15) is 0 Å². The molecule has 0 aromatic rings. The summed E-state index contributed by atoms with van der Waals surface area (Å²) >= 11 is 1.85. The Hall–Kier alpha value is 0.510. The smallest absolute Gasteiger partial charge is 0.277 e. The summed E-state index contributed by atoms with van der Waals surface area (Å²) in [6.07, 6.45) is 0. The van der Waals surface area contributed by atoms with Crippen LogP contribution in [0.3, 0.4) is 0 Å². The molecule has 0 aliphatic carbocycles. The van der Waals surface area contributed by atoms with Gasteiger partial charge in [-0.1, -0.05) is 0 Å². The van der Waals surface area contributed by atoms with Crippen LogP contribution in [0.1, 0.15) is 0 Å². The Morgan fingerprint density at radius 3 is 2.33 bits per heavy atom. The molecule has 0 radical (unpaired) electrons. The molecule has 5 heteroatoms. The van der Waals surface area contributed by atoms with Gasteiger partial charge < -0.3 is 5.73 Å². The van der Waals surface area contributed by atoms with Crippen LogP contribution >= 0.6 is 22.9 Å². The lowest BCUT2D eigenvalue weighted by Gasteiger charge is -2.10. The van der Waals surface area contributed by atoms with Crippen LogP contribution in [0.2, 0.25) is 0 Å². The van der Waals surface area contributed by atoms with Crippen molar-refractivity contribution in [1.82, 2.24) is 3.11 Å². The molecule has 2 N–H and O–H groups in total. The minimum atomic E-state index is -2.68. The number of alkyl halides is 2. The number of hydrogen-bond donors (Lipinski definition) is 1. The summed E-state index contributed by atoms with van der Waals surface area (Å²) in [6, 6.07) is -0.977. The Balaban J connectivity index is 2.58. The first-order valence-corrected chi connectivity index (χ1v) is 3.53. The molecule has 54 valence electrons. The second-order valence-electron chi connectivity index (χ2n) is 2.17. The van der Waals surface area contributed by atoms with Gasteiger partial charge in [0.05, 0.1) is 12.6 Å². The number of rotatable bonds is 0. The fourth-order valence-corrected chi connectivity index (χ4v) is 1.64. The van der Waals surface area contributed by atoms with Crippen molar-refractivity contribution in [2.45, 2.75) is 12.0 Å². The molecule has 1 atom stereocenters. The van der Waals surface area contributed by atoms with Crippen LogP contribution in [0.25, 0.3) is 0 Å². The molecule has 1 aliphatic heterocycles. The van der Waals surface area contributed by atoms with Crippen LogP contribution in [0.15, 0.2) is 0 Å². The minimum absolute atomic E-state index is 0.214. The van der Waals surface area contributed by atoms with Crippen molar-refractivity contribution in [2.24, 2.45) is 5.73 Å². The molecule has 0 saturated carbocycles.